The lowest BCUT2D eigenvalue weighted by molar-refractivity contribution is -0.144. The number of carbonyl (C=O) groups is 3. The summed E-state index contributed by atoms with van der Waals surface area (Å²) in [5.74, 6) is -0.895. The van der Waals surface area contributed by atoms with Crippen LogP contribution in [0.4, 0.5) is 0 Å². The Hall–Kier alpha value is -2.95. The molecule has 1 aromatic carbocycles. The fourth-order valence-electron chi connectivity index (χ4n) is 3.62. The third kappa shape index (κ3) is 3.25. The van der Waals surface area contributed by atoms with Gasteiger partial charge in [-0.1, -0.05) is 42.5 Å². The molecule has 0 saturated heterocycles. The molecule has 1 aromatic rings. The fourth-order valence-corrected chi connectivity index (χ4v) is 3.62. The van der Waals surface area contributed by atoms with E-state index in [1.807, 2.05) is 39.0 Å². The largest absolute Gasteiger partial charge is 0.349 e. The van der Waals surface area contributed by atoms with E-state index >= 15 is 0 Å². The van der Waals surface area contributed by atoms with Crippen molar-refractivity contribution in [3.05, 3.63) is 71.8 Å². The van der Waals surface area contributed by atoms with Gasteiger partial charge in [-0.2, -0.15) is 0 Å². The van der Waals surface area contributed by atoms with Crippen molar-refractivity contribution < 1.29 is 14.4 Å². The lowest BCUT2D eigenvalue weighted by Crippen LogP contribution is -2.58. The quantitative estimate of drug-likeness (QED) is 0.897. The van der Waals surface area contributed by atoms with Crippen LogP contribution < -0.4 is 5.32 Å². The maximum atomic E-state index is 13.2. The number of benzene rings is 1. The predicted octanol–water partition coefficient (Wildman–Crippen LogP) is 2.86. The molecule has 2 aliphatic rings. The number of nitrogens with zero attached hydrogens (tertiary/aromatic N) is 1. The molecule has 27 heavy (non-hydrogen) atoms. The number of hydrogen-bond acceptors (Lipinski definition) is 3. The van der Waals surface area contributed by atoms with Crippen LogP contribution in [0.3, 0.4) is 0 Å². The highest BCUT2D eigenvalue weighted by atomic mass is 16.2. The van der Waals surface area contributed by atoms with Gasteiger partial charge < -0.3 is 10.2 Å². The monoisotopic (exact) mass is 364 g/mol. The van der Waals surface area contributed by atoms with Gasteiger partial charge in [-0.25, -0.2) is 0 Å². The van der Waals surface area contributed by atoms with Gasteiger partial charge in [0.05, 0.1) is 0 Å². The second-order valence-corrected chi connectivity index (χ2v) is 7.94. The number of nitrogens with one attached hydrogen (secondary N) is 1. The van der Waals surface area contributed by atoms with E-state index in [0.717, 1.165) is 0 Å². The Morgan fingerprint density at radius 3 is 2.37 bits per heavy atom. The highest BCUT2D eigenvalue weighted by Gasteiger charge is 2.53. The molecular weight excluding hydrogens is 340 g/mol. The van der Waals surface area contributed by atoms with E-state index in [9.17, 15) is 14.4 Å². The summed E-state index contributed by atoms with van der Waals surface area (Å²) in [5, 5.41) is 2.96. The topological polar surface area (TPSA) is 66.5 Å². The zero-order chi connectivity index (χ0) is 19.8. The molecule has 0 unspecified atom stereocenters. The van der Waals surface area contributed by atoms with Crippen LogP contribution in [0.2, 0.25) is 0 Å². The summed E-state index contributed by atoms with van der Waals surface area (Å²) >= 11 is 0. The van der Waals surface area contributed by atoms with Gasteiger partial charge >= 0.3 is 0 Å². The number of amides is 2. The van der Waals surface area contributed by atoms with Gasteiger partial charge in [0.25, 0.3) is 0 Å². The van der Waals surface area contributed by atoms with Crippen molar-refractivity contribution in [1.29, 1.82) is 0 Å². The molecule has 1 aliphatic carbocycles. The summed E-state index contributed by atoms with van der Waals surface area (Å²) in [7, 11) is 0. The summed E-state index contributed by atoms with van der Waals surface area (Å²) in [6, 6.07) is 8.16. The Balaban J connectivity index is 2.15. The lowest BCUT2D eigenvalue weighted by atomic mass is 9.82. The van der Waals surface area contributed by atoms with Gasteiger partial charge in [-0.05, 0) is 51.0 Å². The molecule has 2 atom stereocenters. The Kier molecular flexibility index (Phi) is 4.64. The van der Waals surface area contributed by atoms with E-state index in [1.165, 1.54) is 17.1 Å². The van der Waals surface area contributed by atoms with Crippen LogP contribution in [-0.2, 0) is 14.4 Å². The SMILES string of the molecule is CC1=CC(=O)N([C@H](C(=O)NC(C)(C)C)c2ccccc2)[C@]12C=CC=CC2=O. The zero-order valence-electron chi connectivity index (χ0n) is 16.0. The van der Waals surface area contributed by atoms with Crippen molar-refractivity contribution in [1.82, 2.24) is 10.2 Å². The number of carbonyl (C=O) groups excluding carboxylic acids is 3. The van der Waals surface area contributed by atoms with E-state index in [2.05, 4.69) is 5.32 Å². The molecule has 140 valence electrons. The van der Waals surface area contributed by atoms with Crippen molar-refractivity contribution in [2.75, 3.05) is 0 Å². The van der Waals surface area contributed by atoms with Gasteiger partial charge in [0.15, 0.2) is 5.78 Å². The highest BCUT2D eigenvalue weighted by Crippen LogP contribution is 2.41. The molecular formula is C22H24N2O3. The molecule has 0 bridgehead atoms. The van der Waals surface area contributed by atoms with E-state index in [4.69, 9.17) is 0 Å². The summed E-state index contributed by atoms with van der Waals surface area (Å²) in [6.45, 7) is 7.40. The molecule has 0 aromatic heterocycles. The fraction of sp³-hybridized carbons (Fsp3) is 0.318. The average Bonchev–Trinajstić information content (AvgIpc) is 2.82. The predicted molar refractivity (Wildman–Crippen MR) is 104 cm³/mol. The first kappa shape index (κ1) is 18.8. The molecule has 1 aliphatic heterocycles. The summed E-state index contributed by atoms with van der Waals surface area (Å²) < 4.78 is 0. The Morgan fingerprint density at radius 2 is 1.78 bits per heavy atom. The number of hydrogen-bond donors (Lipinski definition) is 1. The van der Waals surface area contributed by atoms with E-state index < -0.39 is 17.1 Å². The molecule has 0 saturated carbocycles. The molecule has 1 N–H and O–H groups in total. The minimum Gasteiger partial charge on any atom is -0.349 e. The van der Waals surface area contributed by atoms with Crippen molar-refractivity contribution in [3.63, 3.8) is 0 Å². The summed E-state index contributed by atoms with van der Waals surface area (Å²) in [5.41, 5.74) is -0.468. The van der Waals surface area contributed by atoms with Crippen molar-refractivity contribution >= 4 is 17.6 Å². The summed E-state index contributed by atoms with van der Waals surface area (Å²) in [4.78, 5) is 40.5. The standard InChI is InChI=1S/C22H24N2O3/c1-15-14-18(26)24(22(15)13-9-8-12-17(22)25)19(16-10-6-5-7-11-16)20(27)23-21(2,3)4/h5-14,19H,1-4H3,(H,23,27)/t19-,22+/m0/s1. The first-order chi connectivity index (χ1) is 12.7. The van der Waals surface area contributed by atoms with Gasteiger partial charge in [0.1, 0.15) is 11.6 Å². The van der Waals surface area contributed by atoms with Gasteiger partial charge in [-0.15, -0.1) is 0 Å². The third-order valence-electron chi connectivity index (χ3n) is 4.75. The van der Waals surface area contributed by atoms with Crippen molar-refractivity contribution in [3.8, 4) is 0 Å². The molecule has 2 amide bonds. The van der Waals surface area contributed by atoms with Crippen LogP contribution in [-0.4, -0.2) is 33.6 Å². The highest BCUT2D eigenvalue weighted by molar-refractivity contribution is 6.12. The average molecular weight is 364 g/mol. The van der Waals surface area contributed by atoms with Crippen LogP contribution in [0.15, 0.2) is 66.3 Å². The second-order valence-electron chi connectivity index (χ2n) is 7.94. The molecule has 5 nitrogen and oxygen atoms in total. The third-order valence-corrected chi connectivity index (χ3v) is 4.75. The molecule has 0 fully saturated rings. The molecule has 1 spiro atoms. The van der Waals surface area contributed by atoms with Crippen LogP contribution in [0.5, 0.6) is 0 Å². The van der Waals surface area contributed by atoms with Crippen LogP contribution >= 0.6 is 0 Å². The molecule has 1 heterocycles. The van der Waals surface area contributed by atoms with Gasteiger partial charge in [0, 0.05) is 11.6 Å². The minimum atomic E-state index is -1.26. The Labute approximate surface area is 159 Å². The first-order valence-electron chi connectivity index (χ1n) is 8.96. The molecule has 3 rings (SSSR count). The van der Waals surface area contributed by atoms with E-state index in [0.29, 0.717) is 11.1 Å². The first-order valence-corrected chi connectivity index (χ1v) is 8.96. The smallest absolute Gasteiger partial charge is 0.248 e. The Morgan fingerprint density at radius 1 is 1.11 bits per heavy atom. The normalized spacial score (nSPS) is 23.0. The van der Waals surface area contributed by atoms with Crippen LogP contribution in [0.25, 0.3) is 0 Å². The maximum Gasteiger partial charge on any atom is 0.248 e. The minimum absolute atomic E-state index is 0.228. The number of allylic oxidation sites excluding steroid dienone is 2. The van der Waals surface area contributed by atoms with Gasteiger partial charge in [0.2, 0.25) is 11.8 Å². The van der Waals surface area contributed by atoms with E-state index in [-0.39, 0.29) is 17.6 Å². The zero-order valence-corrected chi connectivity index (χ0v) is 16.0. The second kappa shape index (κ2) is 6.65. The van der Waals surface area contributed by atoms with Crippen LogP contribution in [0.1, 0.15) is 39.3 Å². The summed E-state index contributed by atoms with van der Waals surface area (Å²) in [6.07, 6.45) is 7.99. The lowest BCUT2D eigenvalue weighted by Gasteiger charge is -2.42. The molecule has 5 heteroatoms. The Bertz CT molecular complexity index is 875. The number of ketones is 1. The van der Waals surface area contributed by atoms with E-state index in [1.54, 1.807) is 37.3 Å². The van der Waals surface area contributed by atoms with Gasteiger partial charge in [-0.3, -0.25) is 14.4 Å². The van der Waals surface area contributed by atoms with Crippen molar-refractivity contribution in [2.24, 2.45) is 0 Å². The maximum absolute atomic E-state index is 13.2. The molecule has 0 radical (unpaired) electrons. The van der Waals surface area contributed by atoms with Crippen molar-refractivity contribution in [2.45, 2.75) is 44.8 Å². The number of rotatable bonds is 3. The van der Waals surface area contributed by atoms with Crippen LogP contribution in [0, 0.1) is 0 Å².